The Balaban J connectivity index is 2.25. The smallest absolute Gasteiger partial charge is 0.168 e. The number of ketones is 1. The van der Waals surface area contributed by atoms with Gasteiger partial charge in [0.1, 0.15) is 5.82 Å². The molecule has 2 aromatic rings. The van der Waals surface area contributed by atoms with Crippen molar-refractivity contribution in [2.24, 2.45) is 0 Å². The second-order valence-electron chi connectivity index (χ2n) is 4.41. The van der Waals surface area contributed by atoms with Crippen molar-refractivity contribution in [2.75, 3.05) is 14.2 Å². The zero-order valence-corrected chi connectivity index (χ0v) is 12.4. The first-order valence-electron chi connectivity index (χ1n) is 6.24. The van der Waals surface area contributed by atoms with E-state index in [4.69, 9.17) is 21.1 Å². The molecule has 21 heavy (non-hydrogen) atoms. The third-order valence-electron chi connectivity index (χ3n) is 3.04. The molecular formula is C16H14ClFO3. The van der Waals surface area contributed by atoms with E-state index in [9.17, 15) is 9.18 Å². The van der Waals surface area contributed by atoms with Crippen LogP contribution in [0.15, 0.2) is 36.4 Å². The van der Waals surface area contributed by atoms with Crippen LogP contribution in [0.3, 0.4) is 0 Å². The van der Waals surface area contributed by atoms with Crippen LogP contribution in [0, 0.1) is 5.82 Å². The van der Waals surface area contributed by atoms with Crippen LogP contribution in [0.4, 0.5) is 4.39 Å². The molecule has 0 radical (unpaired) electrons. The number of methoxy groups -OCH3 is 2. The Hall–Kier alpha value is -2.07. The standard InChI is InChI=1S/C16H14ClFO3/c1-20-15-6-3-10(8-16(15)21-2)7-14(19)12-9-11(18)4-5-13(12)17/h3-6,8-9H,7H2,1-2H3. The van der Waals surface area contributed by atoms with Crippen LogP contribution >= 0.6 is 11.6 Å². The predicted molar refractivity (Wildman–Crippen MR) is 79.0 cm³/mol. The number of ether oxygens (including phenoxy) is 2. The van der Waals surface area contributed by atoms with E-state index < -0.39 is 5.82 Å². The molecule has 2 aromatic carbocycles. The van der Waals surface area contributed by atoms with Crippen molar-refractivity contribution in [3.05, 3.63) is 58.4 Å². The lowest BCUT2D eigenvalue weighted by Gasteiger charge is -2.09. The first-order chi connectivity index (χ1) is 10.0. The van der Waals surface area contributed by atoms with Gasteiger partial charge in [-0.3, -0.25) is 4.79 Å². The zero-order valence-electron chi connectivity index (χ0n) is 11.7. The van der Waals surface area contributed by atoms with Gasteiger partial charge in [0, 0.05) is 12.0 Å². The van der Waals surface area contributed by atoms with Gasteiger partial charge >= 0.3 is 0 Å². The molecule has 0 aliphatic heterocycles. The van der Waals surface area contributed by atoms with Gasteiger partial charge in [0.05, 0.1) is 19.2 Å². The van der Waals surface area contributed by atoms with Gasteiger partial charge in [-0.15, -0.1) is 0 Å². The van der Waals surface area contributed by atoms with E-state index in [0.717, 1.165) is 11.6 Å². The monoisotopic (exact) mass is 308 g/mol. The van der Waals surface area contributed by atoms with Crippen LogP contribution in [0.2, 0.25) is 5.02 Å². The summed E-state index contributed by atoms with van der Waals surface area (Å²) >= 11 is 5.93. The second kappa shape index (κ2) is 6.59. The maximum absolute atomic E-state index is 13.2. The third-order valence-corrected chi connectivity index (χ3v) is 3.37. The van der Waals surface area contributed by atoms with Crippen molar-refractivity contribution in [3.63, 3.8) is 0 Å². The van der Waals surface area contributed by atoms with E-state index in [1.54, 1.807) is 18.2 Å². The van der Waals surface area contributed by atoms with Gasteiger partial charge in [-0.2, -0.15) is 0 Å². The van der Waals surface area contributed by atoms with Crippen molar-refractivity contribution in [2.45, 2.75) is 6.42 Å². The highest BCUT2D eigenvalue weighted by atomic mass is 35.5. The average Bonchev–Trinajstić information content (AvgIpc) is 2.49. The molecule has 5 heteroatoms. The van der Waals surface area contributed by atoms with Crippen LogP contribution in [-0.4, -0.2) is 20.0 Å². The fourth-order valence-electron chi connectivity index (χ4n) is 1.98. The lowest BCUT2D eigenvalue weighted by atomic mass is 10.0. The highest BCUT2D eigenvalue weighted by molar-refractivity contribution is 6.34. The Labute approximate surface area is 127 Å². The van der Waals surface area contributed by atoms with E-state index in [0.29, 0.717) is 11.5 Å². The summed E-state index contributed by atoms with van der Waals surface area (Å²) in [5.74, 6) is 0.368. The molecule has 0 atom stereocenters. The quantitative estimate of drug-likeness (QED) is 0.785. The molecule has 0 aliphatic rings. The minimum Gasteiger partial charge on any atom is -0.493 e. The molecule has 2 rings (SSSR count). The number of hydrogen-bond donors (Lipinski definition) is 0. The molecule has 0 aromatic heterocycles. The zero-order chi connectivity index (χ0) is 15.4. The van der Waals surface area contributed by atoms with Crippen LogP contribution in [0.25, 0.3) is 0 Å². The third kappa shape index (κ3) is 3.52. The first kappa shape index (κ1) is 15.3. The van der Waals surface area contributed by atoms with E-state index >= 15 is 0 Å². The van der Waals surface area contributed by atoms with Gasteiger partial charge in [-0.25, -0.2) is 4.39 Å². The molecule has 110 valence electrons. The van der Waals surface area contributed by atoms with Crippen molar-refractivity contribution in [3.8, 4) is 11.5 Å². The minimum atomic E-state index is -0.491. The topological polar surface area (TPSA) is 35.5 Å². The van der Waals surface area contributed by atoms with Crippen LogP contribution < -0.4 is 9.47 Å². The van der Waals surface area contributed by atoms with E-state index in [-0.39, 0.29) is 22.8 Å². The summed E-state index contributed by atoms with van der Waals surface area (Å²) in [7, 11) is 3.06. The minimum absolute atomic E-state index is 0.101. The summed E-state index contributed by atoms with van der Waals surface area (Å²) in [6, 6.07) is 8.92. The number of benzene rings is 2. The lowest BCUT2D eigenvalue weighted by Crippen LogP contribution is -2.05. The summed E-state index contributed by atoms with van der Waals surface area (Å²) in [5, 5.41) is 0.238. The van der Waals surface area contributed by atoms with Gasteiger partial charge in [0.25, 0.3) is 0 Å². The van der Waals surface area contributed by atoms with Crippen LogP contribution in [0.1, 0.15) is 15.9 Å². The molecule has 0 unspecified atom stereocenters. The van der Waals surface area contributed by atoms with Gasteiger partial charge in [0.15, 0.2) is 17.3 Å². The molecule has 0 saturated heterocycles. The SMILES string of the molecule is COc1ccc(CC(=O)c2cc(F)ccc2Cl)cc1OC. The summed E-state index contributed by atoms with van der Waals surface area (Å²) in [6.45, 7) is 0. The maximum Gasteiger partial charge on any atom is 0.168 e. The van der Waals surface area contributed by atoms with Crippen molar-refractivity contribution < 1.29 is 18.7 Å². The van der Waals surface area contributed by atoms with Gasteiger partial charge in [-0.1, -0.05) is 17.7 Å². The fraction of sp³-hybridized carbons (Fsp3) is 0.188. The number of carbonyl (C=O) groups is 1. The molecule has 0 amide bonds. The van der Waals surface area contributed by atoms with Crippen molar-refractivity contribution in [1.82, 2.24) is 0 Å². The highest BCUT2D eigenvalue weighted by Crippen LogP contribution is 2.28. The Morgan fingerprint density at radius 3 is 2.48 bits per heavy atom. The summed E-state index contributed by atoms with van der Waals surface area (Å²) in [4.78, 5) is 12.2. The number of halogens is 2. The molecule has 0 fully saturated rings. The van der Waals surface area contributed by atoms with Gasteiger partial charge in [-0.05, 0) is 35.9 Å². The predicted octanol–water partition coefficient (Wildman–Crippen LogP) is 3.92. The average molecular weight is 309 g/mol. The number of rotatable bonds is 5. The van der Waals surface area contributed by atoms with E-state index in [1.807, 2.05) is 0 Å². The fourth-order valence-corrected chi connectivity index (χ4v) is 2.21. The highest BCUT2D eigenvalue weighted by Gasteiger charge is 2.14. The Morgan fingerprint density at radius 2 is 1.81 bits per heavy atom. The number of hydrogen-bond acceptors (Lipinski definition) is 3. The molecule has 0 aliphatic carbocycles. The van der Waals surface area contributed by atoms with Crippen LogP contribution in [0.5, 0.6) is 11.5 Å². The molecule has 0 saturated carbocycles. The molecular weight excluding hydrogens is 295 g/mol. The first-order valence-corrected chi connectivity index (χ1v) is 6.62. The van der Waals surface area contributed by atoms with Crippen molar-refractivity contribution in [1.29, 1.82) is 0 Å². The number of carbonyl (C=O) groups excluding carboxylic acids is 1. The van der Waals surface area contributed by atoms with E-state index in [2.05, 4.69) is 0 Å². The summed E-state index contributed by atoms with van der Waals surface area (Å²) < 4.78 is 23.5. The summed E-state index contributed by atoms with van der Waals surface area (Å²) in [6.07, 6.45) is 0.101. The van der Waals surface area contributed by atoms with Gasteiger partial charge < -0.3 is 9.47 Å². The van der Waals surface area contributed by atoms with Gasteiger partial charge in [0.2, 0.25) is 0 Å². The Morgan fingerprint density at radius 1 is 1.10 bits per heavy atom. The molecule has 0 spiro atoms. The maximum atomic E-state index is 13.2. The molecule has 3 nitrogen and oxygen atoms in total. The molecule has 0 heterocycles. The largest absolute Gasteiger partial charge is 0.493 e. The second-order valence-corrected chi connectivity index (χ2v) is 4.82. The van der Waals surface area contributed by atoms with E-state index in [1.165, 1.54) is 26.4 Å². The lowest BCUT2D eigenvalue weighted by molar-refractivity contribution is 0.0992. The Bertz CT molecular complexity index is 671. The summed E-state index contributed by atoms with van der Waals surface area (Å²) in [5.41, 5.74) is 0.907. The Kier molecular flexibility index (Phi) is 4.81. The number of Topliss-reactive ketones (excluding diaryl/α,β-unsaturated/α-hetero) is 1. The normalized spacial score (nSPS) is 10.3. The molecule has 0 bridgehead atoms. The molecule has 0 N–H and O–H groups in total. The van der Waals surface area contributed by atoms with Crippen molar-refractivity contribution >= 4 is 17.4 Å². The van der Waals surface area contributed by atoms with Crippen LogP contribution in [-0.2, 0) is 6.42 Å².